The number of hydrogen-bond donors (Lipinski definition) is 3. The maximum absolute atomic E-state index is 14.9. The van der Waals surface area contributed by atoms with Crippen molar-refractivity contribution < 1.29 is 19.1 Å². The first-order valence-electron chi connectivity index (χ1n) is 13.3. The van der Waals surface area contributed by atoms with Crippen LogP contribution in [0.3, 0.4) is 0 Å². The molecule has 10 nitrogen and oxygen atoms in total. The number of aliphatic hydroxyl groups is 1. The van der Waals surface area contributed by atoms with Crippen LogP contribution in [0.2, 0.25) is 0 Å². The minimum atomic E-state index is -1.41. The van der Waals surface area contributed by atoms with Gasteiger partial charge < -0.3 is 20.3 Å². The molecule has 0 spiro atoms. The van der Waals surface area contributed by atoms with Crippen molar-refractivity contribution in [2.24, 2.45) is 14.1 Å². The summed E-state index contributed by atoms with van der Waals surface area (Å²) in [5.74, 6) is -1.20. The van der Waals surface area contributed by atoms with Crippen LogP contribution in [0.4, 0.5) is 33.0 Å². The Labute approximate surface area is 254 Å². The molecule has 42 heavy (non-hydrogen) atoms. The topological polar surface area (TPSA) is 112 Å². The number of carbonyl (C=O) groups excluding carboxylic acids is 2. The molecule has 2 aromatic heterocycles. The summed E-state index contributed by atoms with van der Waals surface area (Å²) in [6.07, 6.45) is 1.80. The minimum absolute atomic E-state index is 0.102. The molecule has 0 bridgehead atoms. The van der Waals surface area contributed by atoms with Crippen molar-refractivity contribution in [1.29, 1.82) is 0 Å². The van der Waals surface area contributed by atoms with E-state index in [4.69, 9.17) is 0 Å². The van der Waals surface area contributed by atoms with Crippen LogP contribution in [-0.4, -0.2) is 43.3 Å². The van der Waals surface area contributed by atoms with E-state index in [0.717, 1.165) is 12.8 Å². The zero-order chi connectivity index (χ0) is 29.9. The highest BCUT2D eigenvalue weighted by molar-refractivity contribution is 14.1. The fourth-order valence-electron chi connectivity index (χ4n) is 5.36. The average Bonchev–Trinajstić information content (AvgIpc) is 3.69. The van der Waals surface area contributed by atoms with Gasteiger partial charge in [0.1, 0.15) is 22.9 Å². The summed E-state index contributed by atoms with van der Waals surface area (Å²) in [5, 5.41) is 17.5. The van der Waals surface area contributed by atoms with Crippen molar-refractivity contribution >= 4 is 63.0 Å². The molecule has 2 aliphatic rings. The van der Waals surface area contributed by atoms with Gasteiger partial charge in [-0.15, -0.1) is 0 Å². The number of aryl methyl sites for hydroxylation is 1. The zero-order valence-electron chi connectivity index (χ0n) is 23.1. The monoisotopic (exact) mass is 682 g/mol. The fourth-order valence-corrected chi connectivity index (χ4v) is 5.81. The number of nitrogens with zero attached hydrogens (tertiary/aromatic N) is 4. The van der Waals surface area contributed by atoms with Gasteiger partial charge in [-0.1, -0.05) is 6.07 Å². The van der Waals surface area contributed by atoms with E-state index in [1.54, 1.807) is 73.3 Å². The van der Waals surface area contributed by atoms with Crippen LogP contribution < -0.4 is 21.1 Å². The molecule has 1 aliphatic heterocycles. The molecule has 1 saturated carbocycles. The number of hydrogen-bond acceptors (Lipinski definition) is 6. The smallest absolute Gasteiger partial charge is 0.272 e. The van der Waals surface area contributed by atoms with Crippen molar-refractivity contribution in [1.82, 2.24) is 14.0 Å². The molecule has 6 rings (SSSR count). The second kappa shape index (κ2) is 10.6. The summed E-state index contributed by atoms with van der Waals surface area (Å²) >= 11 is 2.00. The Bertz CT molecular complexity index is 1810. The van der Waals surface area contributed by atoms with Gasteiger partial charge >= 0.3 is 0 Å². The van der Waals surface area contributed by atoms with E-state index in [9.17, 15) is 23.9 Å². The molecule has 12 heteroatoms. The highest BCUT2D eigenvalue weighted by Gasteiger charge is 2.47. The standard InChI is InChI=1S/C30H28FIN6O4/c1-16-25-24(26(36(3)28(16)40)34-22-12-9-17(32)14-21(22)31)29(41)38(19-10-11-19)30(42)37(25)20-7-4-6-18(15-20)33-27(39)23-8-5-13-35(23)2/h4-9,12-15,19,30,34,42H,10-11H2,1-3H3,(H,33,39). The van der Waals surface area contributed by atoms with Crippen LogP contribution in [-0.2, 0) is 14.1 Å². The number of nitrogens with one attached hydrogen (secondary N) is 2. The van der Waals surface area contributed by atoms with Gasteiger partial charge in [-0.05, 0) is 90.9 Å². The Kier molecular flexibility index (Phi) is 7.05. The Hall–Kier alpha value is -4.17. The lowest BCUT2D eigenvalue weighted by atomic mass is 10.0. The van der Waals surface area contributed by atoms with E-state index in [2.05, 4.69) is 10.6 Å². The third-order valence-corrected chi connectivity index (χ3v) is 8.31. The SMILES string of the molecule is Cc1c2c(c(Nc3ccc(I)cc3F)n(C)c1=O)C(=O)N(C1CC1)C(O)N2c1cccc(NC(=O)c2cccn2C)c1. The lowest BCUT2D eigenvalue weighted by Gasteiger charge is -2.44. The number of anilines is 5. The first kappa shape index (κ1) is 28.0. The Balaban J connectivity index is 1.50. The number of rotatable bonds is 6. The number of pyridine rings is 1. The maximum Gasteiger partial charge on any atom is 0.272 e. The molecule has 2 amide bonds. The molecule has 3 N–H and O–H groups in total. The first-order chi connectivity index (χ1) is 20.1. The van der Waals surface area contributed by atoms with Crippen LogP contribution in [0, 0.1) is 16.3 Å². The van der Waals surface area contributed by atoms with Gasteiger partial charge in [0.05, 0.1) is 11.4 Å². The normalized spacial score (nSPS) is 16.4. The summed E-state index contributed by atoms with van der Waals surface area (Å²) in [6, 6.07) is 14.7. The lowest BCUT2D eigenvalue weighted by molar-refractivity contribution is 0.00337. The van der Waals surface area contributed by atoms with Crippen LogP contribution in [0.25, 0.3) is 0 Å². The van der Waals surface area contributed by atoms with Gasteiger partial charge in [-0.3, -0.25) is 28.8 Å². The number of aliphatic hydroxyl groups excluding tert-OH is 1. The Morgan fingerprint density at radius 1 is 1.07 bits per heavy atom. The summed E-state index contributed by atoms with van der Waals surface area (Å²) < 4.78 is 18.6. The predicted octanol–water partition coefficient (Wildman–Crippen LogP) is 4.80. The highest BCUT2D eigenvalue weighted by Crippen LogP contribution is 2.45. The molecule has 1 atom stereocenters. The summed E-state index contributed by atoms with van der Waals surface area (Å²) in [7, 11) is 3.29. The Morgan fingerprint density at radius 2 is 1.83 bits per heavy atom. The number of carbonyl (C=O) groups is 2. The average molecular weight is 682 g/mol. The van der Waals surface area contributed by atoms with Crippen molar-refractivity contribution in [3.05, 3.63) is 97.4 Å². The van der Waals surface area contributed by atoms with Gasteiger partial charge in [-0.25, -0.2) is 4.39 Å². The van der Waals surface area contributed by atoms with Crippen LogP contribution in [0.1, 0.15) is 39.3 Å². The molecule has 3 heterocycles. The van der Waals surface area contributed by atoms with Crippen LogP contribution in [0.5, 0.6) is 0 Å². The molecular formula is C30H28FIN6O4. The lowest BCUT2D eigenvalue weighted by Crippen LogP contribution is -2.55. The van der Waals surface area contributed by atoms with Gasteiger partial charge in [-0.2, -0.15) is 0 Å². The molecule has 0 radical (unpaired) electrons. The van der Waals surface area contributed by atoms with Crippen molar-refractivity contribution in [2.45, 2.75) is 32.2 Å². The first-order valence-corrected chi connectivity index (χ1v) is 14.4. The maximum atomic E-state index is 14.9. The molecule has 0 saturated heterocycles. The molecule has 2 aromatic carbocycles. The quantitative estimate of drug-likeness (QED) is 0.252. The van der Waals surface area contributed by atoms with Gasteiger partial charge in [0.25, 0.3) is 17.4 Å². The summed E-state index contributed by atoms with van der Waals surface area (Å²) in [4.78, 5) is 43.4. The molecule has 216 valence electrons. The second-order valence-corrected chi connectivity index (χ2v) is 11.7. The third-order valence-electron chi connectivity index (χ3n) is 7.64. The number of fused-ring (bicyclic) bond motifs is 1. The van der Waals surface area contributed by atoms with E-state index in [1.807, 2.05) is 22.6 Å². The summed E-state index contributed by atoms with van der Waals surface area (Å²) in [5.41, 5.74) is 1.66. The third kappa shape index (κ3) is 4.73. The van der Waals surface area contributed by atoms with E-state index < -0.39 is 23.6 Å². The van der Waals surface area contributed by atoms with Gasteiger partial charge in [0, 0.05) is 46.8 Å². The van der Waals surface area contributed by atoms with Crippen LogP contribution in [0.15, 0.2) is 65.6 Å². The van der Waals surface area contributed by atoms with Crippen LogP contribution >= 0.6 is 22.6 Å². The summed E-state index contributed by atoms with van der Waals surface area (Å²) in [6.45, 7) is 1.59. The second-order valence-electron chi connectivity index (χ2n) is 10.5. The predicted molar refractivity (Wildman–Crippen MR) is 166 cm³/mol. The largest absolute Gasteiger partial charge is 0.356 e. The van der Waals surface area contributed by atoms with Gasteiger partial charge in [0.15, 0.2) is 0 Å². The minimum Gasteiger partial charge on any atom is -0.356 e. The van der Waals surface area contributed by atoms with Crippen molar-refractivity contribution in [2.75, 3.05) is 15.5 Å². The van der Waals surface area contributed by atoms with E-state index in [1.165, 1.54) is 27.5 Å². The van der Waals surface area contributed by atoms with E-state index in [0.29, 0.717) is 20.6 Å². The molecule has 1 unspecified atom stereocenters. The molecule has 4 aromatic rings. The van der Waals surface area contributed by atoms with E-state index >= 15 is 0 Å². The number of benzene rings is 2. The molecular weight excluding hydrogens is 654 g/mol. The number of amides is 2. The Morgan fingerprint density at radius 3 is 2.50 bits per heavy atom. The number of aromatic nitrogens is 2. The molecule has 1 fully saturated rings. The zero-order valence-corrected chi connectivity index (χ0v) is 25.2. The number of halogens is 2. The van der Waals surface area contributed by atoms with Crippen molar-refractivity contribution in [3.63, 3.8) is 0 Å². The molecule has 1 aliphatic carbocycles. The van der Waals surface area contributed by atoms with Gasteiger partial charge in [0.2, 0.25) is 6.35 Å². The van der Waals surface area contributed by atoms with Crippen molar-refractivity contribution in [3.8, 4) is 0 Å². The fraction of sp³-hybridized carbons (Fsp3) is 0.233. The van der Waals surface area contributed by atoms with E-state index in [-0.39, 0.29) is 40.3 Å². The highest BCUT2D eigenvalue weighted by atomic mass is 127.